The summed E-state index contributed by atoms with van der Waals surface area (Å²) in [5, 5.41) is 7.00. The lowest BCUT2D eigenvalue weighted by Crippen LogP contribution is -1.85. The van der Waals surface area contributed by atoms with Gasteiger partial charge in [-0.15, -0.1) is 0 Å². The van der Waals surface area contributed by atoms with Crippen molar-refractivity contribution in [3.05, 3.63) is 29.8 Å². The number of aliphatic hydroxyl groups is 1. The topological polar surface area (TPSA) is 63.3 Å². The highest BCUT2D eigenvalue weighted by Gasteiger charge is 1.86. The molecule has 0 saturated heterocycles. The minimum atomic E-state index is 0.620. The Balaban J connectivity index is 0.000000461. The van der Waals surface area contributed by atoms with E-state index in [-0.39, 0.29) is 0 Å². The van der Waals surface area contributed by atoms with Crippen LogP contribution in [0, 0.1) is 0 Å². The number of aliphatic hydroxyl groups excluding tert-OH is 1. The first kappa shape index (κ1) is 9.65. The molecule has 3 nitrogen and oxygen atoms in total. The van der Waals surface area contributed by atoms with Gasteiger partial charge in [-0.2, -0.15) is 0 Å². The smallest absolute Gasteiger partial charge is 0.150 e. The highest BCUT2D eigenvalue weighted by Crippen LogP contribution is 2.02. The van der Waals surface area contributed by atoms with Gasteiger partial charge < -0.3 is 10.8 Å². The second-order valence-corrected chi connectivity index (χ2v) is 1.79. The zero-order valence-electron chi connectivity index (χ0n) is 6.32. The predicted molar refractivity (Wildman–Crippen MR) is 44.4 cm³/mol. The van der Waals surface area contributed by atoms with Gasteiger partial charge in [0.05, 0.1) is 0 Å². The molecule has 0 bridgehead atoms. The largest absolute Gasteiger partial charge is 0.400 e. The molecule has 0 radical (unpaired) electrons. The Labute approximate surface area is 65.5 Å². The lowest BCUT2D eigenvalue weighted by atomic mass is 10.2. The van der Waals surface area contributed by atoms with E-state index in [0.717, 1.165) is 13.4 Å². The minimum absolute atomic E-state index is 0.620. The van der Waals surface area contributed by atoms with E-state index >= 15 is 0 Å². The summed E-state index contributed by atoms with van der Waals surface area (Å²) in [5.41, 5.74) is 6.62. The number of carbonyl (C=O) groups is 1. The molecule has 0 spiro atoms. The summed E-state index contributed by atoms with van der Waals surface area (Å²) in [6.07, 6.45) is 0.774. The molecule has 11 heavy (non-hydrogen) atoms. The van der Waals surface area contributed by atoms with Gasteiger partial charge in [-0.25, -0.2) is 0 Å². The van der Waals surface area contributed by atoms with Crippen molar-refractivity contribution < 1.29 is 9.90 Å². The highest BCUT2D eigenvalue weighted by molar-refractivity contribution is 5.76. The van der Waals surface area contributed by atoms with Crippen LogP contribution in [-0.2, 0) is 0 Å². The second kappa shape index (κ2) is 5.44. The molecule has 1 aromatic carbocycles. The van der Waals surface area contributed by atoms with Crippen molar-refractivity contribution in [2.24, 2.45) is 0 Å². The molecule has 3 N–H and O–H groups in total. The van der Waals surface area contributed by atoms with Crippen molar-refractivity contribution in [3.63, 3.8) is 0 Å². The van der Waals surface area contributed by atoms with E-state index in [1.807, 2.05) is 0 Å². The van der Waals surface area contributed by atoms with E-state index < -0.39 is 0 Å². The number of hydrogen-bond donors (Lipinski definition) is 2. The first-order valence-electron chi connectivity index (χ1n) is 3.08. The van der Waals surface area contributed by atoms with Crippen LogP contribution in [0.4, 0.5) is 5.69 Å². The van der Waals surface area contributed by atoms with Crippen LogP contribution in [0.15, 0.2) is 24.3 Å². The summed E-state index contributed by atoms with van der Waals surface area (Å²) in [6, 6.07) is 6.84. The molecule has 0 aliphatic heterocycles. The number of nitrogens with two attached hydrogens (primary N) is 1. The molecule has 60 valence electrons. The number of nitrogen functional groups attached to an aromatic ring is 1. The van der Waals surface area contributed by atoms with Gasteiger partial charge in [0.1, 0.15) is 6.29 Å². The Bertz CT molecular complexity index is 223. The Kier molecular flexibility index (Phi) is 4.77. The molecule has 0 aliphatic carbocycles. The lowest BCUT2D eigenvalue weighted by Gasteiger charge is -1.90. The van der Waals surface area contributed by atoms with Crippen molar-refractivity contribution in [1.82, 2.24) is 0 Å². The van der Waals surface area contributed by atoms with Crippen LogP contribution < -0.4 is 5.73 Å². The zero-order chi connectivity index (χ0) is 8.69. The molecule has 0 amide bonds. The minimum Gasteiger partial charge on any atom is -0.400 e. The van der Waals surface area contributed by atoms with E-state index in [0.29, 0.717) is 11.3 Å². The fourth-order valence-corrected chi connectivity index (χ4v) is 0.632. The number of carbonyl (C=O) groups excluding carboxylic acids is 1. The molecule has 0 atom stereocenters. The van der Waals surface area contributed by atoms with Crippen molar-refractivity contribution in [2.45, 2.75) is 0 Å². The quantitative estimate of drug-likeness (QED) is 0.461. The highest BCUT2D eigenvalue weighted by atomic mass is 16.2. The molecular weight excluding hydrogens is 142 g/mol. The second-order valence-electron chi connectivity index (χ2n) is 1.79. The van der Waals surface area contributed by atoms with Crippen LogP contribution in [0.2, 0.25) is 0 Å². The number of rotatable bonds is 1. The summed E-state index contributed by atoms with van der Waals surface area (Å²) in [7, 11) is 1.00. The fraction of sp³-hybridized carbons (Fsp3) is 0.125. The monoisotopic (exact) mass is 153 g/mol. The fourth-order valence-electron chi connectivity index (χ4n) is 0.632. The molecule has 0 heterocycles. The van der Waals surface area contributed by atoms with Crippen LogP contribution in [0.3, 0.4) is 0 Å². The Hall–Kier alpha value is -1.35. The molecule has 3 heteroatoms. The van der Waals surface area contributed by atoms with E-state index in [2.05, 4.69) is 0 Å². The van der Waals surface area contributed by atoms with Crippen molar-refractivity contribution in [2.75, 3.05) is 12.8 Å². The van der Waals surface area contributed by atoms with Gasteiger partial charge in [0.25, 0.3) is 0 Å². The van der Waals surface area contributed by atoms with Gasteiger partial charge in [-0.1, -0.05) is 12.1 Å². The molecule has 0 unspecified atom stereocenters. The number of anilines is 1. The Morgan fingerprint density at radius 2 is 2.09 bits per heavy atom. The van der Waals surface area contributed by atoms with Crippen molar-refractivity contribution >= 4 is 12.0 Å². The molecule has 0 aromatic heterocycles. The van der Waals surface area contributed by atoms with Crippen molar-refractivity contribution in [3.8, 4) is 0 Å². The number of hydrogen-bond acceptors (Lipinski definition) is 3. The summed E-state index contributed by atoms with van der Waals surface area (Å²) in [4.78, 5) is 10.1. The maximum absolute atomic E-state index is 10.1. The van der Waals surface area contributed by atoms with Crippen LogP contribution in [0.5, 0.6) is 0 Å². The lowest BCUT2D eigenvalue weighted by molar-refractivity contribution is 0.112. The van der Waals surface area contributed by atoms with E-state index in [1.165, 1.54) is 0 Å². The summed E-state index contributed by atoms with van der Waals surface area (Å²) < 4.78 is 0. The SMILES string of the molecule is CO.Nc1cccc(C=O)c1. The third-order valence-electron chi connectivity index (χ3n) is 1.05. The number of benzene rings is 1. The van der Waals surface area contributed by atoms with Crippen molar-refractivity contribution in [1.29, 1.82) is 0 Å². The molecule has 1 rings (SSSR count). The predicted octanol–water partition coefficient (Wildman–Crippen LogP) is 0.690. The average molecular weight is 153 g/mol. The molecule has 0 aliphatic rings. The molecular formula is C8H11NO2. The standard InChI is InChI=1S/C7H7NO.CH4O/c8-7-3-1-2-6(4-7)5-9;1-2/h1-5H,8H2;2H,1H3. The van der Waals surface area contributed by atoms with Gasteiger partial charge in [-0.3, -0.25) is 4.79 Å². The molecule has 0 fully saturated rings. The maximum Gasteiger partial charge on any atom is 0.150 e. The zero-order valence-corrected chi connectivity index (χ0v) is 6.32. The number of aldehydes is 1. The van der Waals surface area contributed by atoms with Gasteiger partial charge in [0.15, 0.2) is 0 Å². The third kappa shape index (κ3) is 3.37. The van der Waals surface area contributed by atoms with E-state index in [9.17, 15) is 4.79 Å². The van der Waals surface area contributed by atoms with Crippen LogP contribution in [-0.4, -0.2) is 18.5 Å². The van der Waals surface area contributed by atoms with Gasteiger partial charge in [0.2, 0.25) is 0 Å². The third-order valence-corrected chi connectivity index (χ3v) is 1.05. The maximum atomic E-state index is 10.1. The van der Waals surface area contributed by atoms with E-state index in [1.54, 1.807) is 24.3 Å². The first-order valence-corrected chi connectivity index (χ1v) is 3.08. The molecule has 1 aromatic rings. The summed E-state index contributed by atoms with van der Waals surface area (Å²) >= 11 is 0. The van der Waals surface area contributed by atoms with Crippen LogP contribution in [0.25, 0.3) is 0 Å². The average Bonchev–Trinajstić information content (AvgIpc) is 2.08. The van der Waals surface area contributed by atoms with Gasteiger partial charge in [0, 0.05) is 18.4 Å². The first-order chi connectivity index (χ1) is 5.33. The van der Waals surface area contributed by atoms with Gasteiger partial charge in [-0.05, 0) is 12.1 Å². The van der Waals surface area contributed by atoms with Gasteiger partial charge >= 0.3 is 0 Å². The summed E-state index contributed by atoms with van der Waals surface area (Å²) in [6.45, 7) is 0. The normalized spacial score (nSPS) is 7.82. The Morgan fingerprint density at radius 3 is 2.45 bits per heavy atom. The van der Waals surface area contributed by atoms with Crippen LogP contribution in [0.1, 0.15) is 10.4 Å². The van der Waals surface area contributed by atoms with E-state index in [4.69, 9.17) is 10.8 Å². The van der Waals surface area contributed by atoms with Crippen LogP contribution >= 0.6 is 0 Å². The summed E-state index contributed by atoms with van der Waals surface area (Å²) in [5.74, 6) is 0. The molecule has 0 saturated carbocycles. The Morgan fingerprint density at radius 1 is 1.45 bits per heavy atom.